The summed E-state index contributed by atoms with van der Waals surface area (Å²) < 4.78 is 5.25. The lowest BCUT2D eigenvalue weighted by molar-refractivity contribution is -0.124. The van der Waals surface area contributed by atoms with Crippen molar-refractivity contribution in [3.63, 3.8) is 0 Å². The molecule has 0 spiro atoms. The summed E-state index contributed by atoms with van der Waals surface area (Å²) in [4.78, 5) is 48.8. The summed E-state index contributed by atoms with van der Waals surface area (Å²) >= 11 is 0. The van der Waals surface area contributed by atoms with E-state index < -0.39 is 17.5 Å². The van der Waals surface area contributed by atoms with E-state index >= 15 is 0 Å². The molecule has 3 aliphatic rings. The van der Waals surface area contributed by atoms with E-state index in [1.807, 2.05) is 11.0 Å². The molecule has 0 saturated carbocycles. The Morgan fingerprint density at radius 3 is 2.72 bits per heavy atom. The van der Waals surface area contributed by atoms with E-state index in [1.165, 1.54) is 18.2 Å². The van der Waals surface area contributed by atoms with E-state index in [0.717, 1.165) is 31.6 Å². The zero-order valence-electron chi connectivity index (χ0n) is 20.3. The van der Waals surface area contributed by atoms with Crippen molar-refractivity contribution in [1.82, 2.24) is 30.3 Å². The summed E-state index contributed by atoms with van der Waals surface area (Å²) in [7, 11) is 3.60. The normalized spacial score (nSPS) is 22.2. The number of benzene rings is 1. The van der Waals surface area contributed by atoms with Crippen molar-refractivity contribution in [2.45, 2.75) is 18.5 Å². The molecule has 36 heavy (non-hydrogen) atoms. The van der Waals surface area contributed by atoms with Crippen LogP contribution in [-0.2, 0) is 16.9 Å². The first-order valence-electron chi connectivity index (χ1n) is 11.9. The second-order valence-corrected chi connectivity index (χ2v) is 9.45. The average Bonchev–Trinajstić information content (AvgIpc) is 3.23. The molecule has 11 heteroatoms. The first-order chi connectivity index (χ1) is 17.3. The average molecular weight is 492 g/mol. The van der Waals surface area contributed by atoms with Crippen LogP contribution in [0.1, 0.15) is 33.5 Å². The van der Waals surface area contributed by atoms with Gasteiger partial charge in [-0.3, -0.25) is 25.3 Å². The number of likely N-dealkylation sites (N-methyl/N-ethyl adjacent to an activating group) is 1. The third kappa shape index (κ3) is 4.15. The van der Waals surface area contributed by atoms with Crippen molar-refractivity contribution < 1.29 is 19.1 Å². The van der Waals surface area contributed by atoms with Gasteiger partial charge in [-0.15, -0.1) is 0 Å². The number of methoxy groups -OCH3 is 1. The fraction of sp³-hybridized carbons (Fsp3) is 0.400. The number of rotatable bonds is 5. The highest BCUT2D eigenvalue weighted by Crippen LogP contribution is 2.32. The van der Waals surface area contributed by atoms with Crippen molar-refractivity contribution in [3.05, 3.63) is 58.9 Å². The summed E-state index contributed by atoms with van der Waals surface area (Å²) in [5.41, 5.74) is 0.767. The third-order valence-corrected chi connectivity index (χ3v) is 7.11. The number of aromatic nitrogens is 1. The number of urea groups is 1. The molecule has 2 saturated heterocycles. The van der Waals surface area contributed by atoms with Gasteiger partial charge in [0.2, 0.25) is 0 Å². The van der Waals surface area contributed by atoms with Crippen LogP contribution in [0.15, 0.2) is 36.7 Å². The maximum absolute atomic E-state index is 13.2. The van der Waals surface area contributed by atoms with Crippen molar-refractivity contribution in [1.29, 1.82) is 5.41 Å². The number of fused-ring (bicyclic) bond motifs is 1. The van der Waals surface area contributed by atoms with Gasteiger partial charge in [0.05, 0.1) is 13.7 Å². The molecule has 11 nitrogen and oxygen atoms in total. The molecular formula is C25H29N7O4. The first kappa shape index (κ1) is 23.7. The highest BCUT2D eigenvalue weighted by Gasteiger charge is 2.51. The van der Waals surface area contributed by atoms with Crippen LogP contribution in [0, 0.1) is 5.41 Å². The Balaban J connectivity index is 1.45. The van der Waals surface area contributed by atoms with Crippen molar-refractivity contribution in [2.24, 2.45) is 0 Å². The van der Waals surface area contributed by atoms with Crippen LogP contribution in [0.4, 0.5) is 4.79 Å². The molecule has 1 atom stereocenters. The number of amidine groups is 1. The van der Waals surface area contributed by atoms with Crippen LogP contribution in [0.25, 0.3) is 0 Å². The molecule has 1 aromatic carbocycles. The highest BCUT2D eigenvalue weighted by atomic mass is 16.5. The number of amides is 4. The lowest BCUT2D eigenvalue weighted by Gasteiger charge is -2.31. The van der Waals surface area contributed by atoms with Crippen LogP contribution in [0.3, 0.4) is 0 Å². The van der Waals surface area contributed by atoms with Gasteiger partial charge in [0, 0.05) is 55.3 Å². The lowest BCUT2D eigenvalue weighted by atomic mass is 9.89. The molecule has 3 aliphatic heterocycles. The van der Waals surface area contributed by atoms with Gasteiger partial charge in [0.25, 0.3) is 11.8 Å². The predicted octanol–water partition coefficient (Wildman–Crippen LogP) is 0.744. The van der Waals surface area contributed by atoms with Crippen LogP contribution >= 0.6 is 0 Å². The molecule has 0 radical (unpaired) electrons. The number of carbonyl (C=O) groups is 3. The summed E-state index contributed by atoms with van der Waals surface area (Å²) in [5.74, 6) is 0.0791. The van der Waals surface area contributed by atoms with Crippen LogP contribution < -0.4 is 15.4 Å². The van der Waals surface area contributed by atoms with E-state index in [1.54, 1.807) is 24.4 Å². The van der Waals surface area contributed by atoms with E-state index in [9.17, 15) is 14.4 Å². The number of hydrogen-bond donors (Lipinski definition) is 3. The Kier molecular flexibility index (Phi) is 6.09. The van der Waals surface area contributed by atoms with Gasteiger partial charge >= 0.3 is 6.03 Å². The number of pyridine rings is 1. The molecule has 0 unspecified atom stereocenters. The van der Waals surface area contributed by atoms with Gasteiger partial charge in [0.15, 0.2) is 5.54 Å². The lowest BCUT2D eigenvalue weighted by Crippen LogP contribution is -2.52. The second-order valence-electron chi connectivity index (χ2n) is 9.45. The second kappa shape index (κ2) is 9.23. The Morgan fingerprint density at radius 1 is 1.14 bits per heavy atom. The predicted molar refractivity (Wildman–Crippen MR) is 131 cm³/mol. The fourth-order valence-electron chi connectivity index (χ4n) is 5.03. The maximum atomic E-state index is 13.2. The van der Waals surface area contributed by atoms with E-state index in [2.05, 4.69) is 27.6 Å². The number of nitrogens with one attached hydrogen (secondary N) is 3. The number of ether oxygens (including phenoxy) is 1. The summed E-state index contributed by atoms with van der Waals surface area (Å²) in [5, 5.41) is 13.9. The number of imide groups is 1. The minimum absolute atomic E-state index is 0.0760. The van der Waals surface area contributed by atoms with E-state index in [-0.39, 0.29) is 12.5 Å². The van der Waals surface area contributed by atoms with Crippen molar-refractivity contribution in [2.75, 3.05) is 46.9 Å². The van der Waals surface area contributed by atoms with Gasteiger partial charge < -0.3 is 24.8 Å². The van der Waals surface area contributed by atoms with Crippen LogP contribution in [-0.4, -0.2) is 90.2 Å². The number of carbonyl (C=O) groups excluding carboxylic acids is 3. The molecule has 4 amide bonds. The largest absolute Gasteiger partial charge is 0.497 e. The molecule has 2 aromatic rings. The molecular weight excluding hydrogens is 462 g/mol. The molecule has 5 rings (SSSR count). The van der Waals surface area contributed by atoms with Gasteiger partial charge in [-0.05, 0) is 43.8 Å². The number of hydrogen-bond acceptors (Lipinski definition) is 7. The Hall–Kier alpha value is -3.99. The van der Waals surface area contributed by atoms with Crippen molar-refractivity contribution >= 4 is 23.7 Å². The van der Waals surface area contributed by atoms with E-state index in [0.29, 0.717) is 41.4 Å². The van der Waals surface area contributed by atoms with Gasteiger partial charge in [-0.25, -0.2) is 4.79 Å². The zero-order chi connectivity index (χ0) is 25.4. The molecule has 0 aliphatic carbocycles. The SMILES string of the molecule is COc1ccc2c(c1)C(=O)N(C[C@@]1(c3cncc(C(=N)N4CCCN(C)CC4)c3)NC(=O)NC1=O)C2. The highest BCUT2D eigenvalue weighted by molar-refractivity contribution is 6.08. The Morgan fingerprint density at radius 2 is 1.97 bits per heavy atom. The molecule has 3 N–H and O–H groups in total. The summed E-state index contributed by atoms with van der Waals surface area (Å²) in [6.45, 7) is 3.50. The zero-order valence-corrected chi connectivity index (χ0v) is 20.3. The Labute approximate surface area is 208 Å². The third-order valence-electron chi connectivity index (χ3n) is 7.11. The smallest absolute Gasteiger partial charge is 0.322 e. The molecule has 188 valence electrons. The monoisotopic (exact) mass is 491 g/mol. The molecule has 4 heterocycles. The van der Waals surface area contributed by atoms with Crippen LogP contribution in [0.2, 0.25) is 0 Å². The molecule has 1 aromatic heterocycles. The Bertz CT molecular complexity index is 1250. The summed E-state index contributed by atoms with van der Waals surface area (Å²) in [6.07, 6.45) is 4.04. The fourth-order valence-corrected chi connectivity index (χ4v) is 5.03. The quantitative estimate of drug-likeness (QED) is 0.320. The minimum Gasteiger partial charge on any atom is -0.497 e. The standard InChI is InChI=1S/C25H29N7O4/c1-30-6-3-7-31(9-8-30)21(26)17-10-18(13-27-12-17)25(23(34)28-24(35)29-25)15-32-14-16-4-5-19(36-2)11-20(16)22(32)33/h4-5,10-13,26H,3,6-9,14-15H2,1-2H3,(H2,28,29,34,35)/t25-/m0/s1. The molecule has 2 fully saturated rings. The first-order valence-corrected chi connectivity index (χ1v) is 11.9. The maximum Gasteiger partial charge on any atom is 0.322 e. The molecule has 0 bridgehead atoms. The summed E-state index contributed by atoms with van der Waals surface area (Å²) in [6, 6.07) is 6.37. The van der Waals surface area contributed by atoms with Gasteiger partial charge in [-0.1, -0.05) is 6.07 Å². The number of nitrogens with zero attached hydrogens (tertiary/aromatic N) is 4. The van der Waals surface area contributed by atoms with Crippen LogP contribution in [0.5, 0.6) is 5.75 Å². The minimum atomic E-state index is -1.53. The van der Waals surface area contributed by atoms with Gasteiger partial charge in [-0.2, -0.15) is 0 Å². The topological polar surface area (TPSA) is 131 Å². The van der Waals surface area contributed by atoms with Gasteiger partial charge in [0.1, 0.15) is 11.6 Å². The van der Waals surface area contributed by atoms with Crippen molar-refractivity contribution in [3.8, 4) is 5.75 Å². The van der Waals surface area contributed by atoms with E-state index in [4.69, 9.17) is 10.1 Å².